The molecule has 28 heavy (non-hydrogen) atoms. The average Bonchev–Trinajstić information content (AvgIpc) is 3.12. The molecule has 0 radical (unpaired) electrons. The number of halogens is 3. The fourth-order valence-corrected chi connectivity index (χ4v) is 4.56. The number of benzene rings is 2. The molecule has 8 heteroatoms. The van der Waals surface area contributed by atoms with Gasteiger partial charge < -0.3 is 10.2 Å². The molecular formula is C20H18F3N3OS. The molecule has 4 nitrogen and oxygen atoms in total. The van der Waals surface area contributed by atoms with Crippen molar-refractivity contribution < 1.29 is 18.0 Å². The SMILES string of the molecule is O=C(Nc1ccccc1C(F)(F)F)N1CCC(c2nc3ccccc3s2)CC1. The third-order valence-corrected chi connectivity index (χ3v) is 6.11. The highest BCUT2D eigenvalue weighted by Gasteiger charge is 2.34. The molecule has 3 aromatic rings. The molecular weight excluding hydrogens is 387 g/mol. The Morgan fingerprint density at radius 2 is 1.75 bits per heavy atom. The van der Waals surface area contributed by atoms with Crippen molar-refractivity contribution in [2.24, 2.45) is 0 Å². The van der Waals surface area contributed by atoms with Crippen molar-refractivity contribution in [2.75, 3.05) is 18.4 Å². The molecule has 1 aliphatic heterocycles. The van der Waals surface area contributed by atoms with Crippen molar-refractivity contribution in [1.29, 1.82) is 0 Å². The molecule has 2 amide bonds. The Bertz CT molecular complexity index is 961. The second-order valence-corrected chi connectivity index (χ2v) is 7.82. The van der Waals surface area contributed by atoms with E-state index in [-0.39, 0.29) is 11.6 Å². The predicted molar refractivity (Wildman–Crippen MR) is 104 cm³/mol. The maximum Gasteiger partial charge on any atom is 0.418 e. The lowest BCUT2D eigenvalue weighted by atomic mass is 9.98. The molecule has 0 saturated carbocycles. The van der Waals surface area contributed by atoms with E-state index in [1.54, 1.807) is 16.2 Å². The Morgan fingerprint density at radius 3 is 2.46 bits per heavy atom. The van der Waals surface area contributed by atoms with Crippen LogP contribution < -0.4 is 5.32 Å². The molecule has 0 spiro atoms. The minimum Gasteiger partial charge on any atom is -0.324 e. The molecule has 4 rings (SSSR count). The van der Waals surface area contributed by atoms with E-state index in [2.05, 4.69) is 10.3 Å². The van der Waals surface area contributed by atoms with Gasteiger partial charge >= 0.3 is 12.2 Å². The molecule has 1 aromatic heterocycles. The van der Waals surface area contributed by atoms with Crippen molar-refractivity contribution in [1.82, 2.24) is 9.88 Å². The summed E-state index contributed by atoms with van der Waals surface area (Å²) in [6.45, 7) is 0.973. The third kappa shape index (κ3) is 3.82. The van der Waals surface area contributed by atoms with E-state index in [9.17, 15) is 18.0 Å². The maximum atomic E-state index is 13.1. The van der Waals surface area contributed by atoms with Gasteiger partial charge in [-0.05, 0) is 37.1 Å². The van der Waals surface area contributed by atoms with Gasteiger partial charge in [0.2, 0.25) is 0 Å². The van der Waals surface area contributed by atoms with Gasteiger partial charge in [-0.2, -0.15) is 13.2 Å². The lowest BCUT2D eigenvalue weighted by Crippen LogP contribution is -2.40. The molecule has 1 N–H and O–H groups in total. The minimum absolute atomic E-state index is 0.215. The summed E-state index contributed by atoms with van der Waals surface area (Å²) in [6, 6.07) is 12.5. The zero-order valence-corrected chi connectivity index (χ0v) is 15.7. The standard InChI is InChI=1S/C20H18F3N3OS/c21-20(22,23)14-5-1-2-6-15(14)25-19(27)26-11-9-13(10-12-26)18-24-16-7-3-4-8-17(16)28-18/h1-8,13H,9-12H2,(H,25,27). The first-order chi connectivity index (χ1) is 13.4. The van der Waals surface area contributed by atoms with Gasteiger partial charge in [0.15, 0.2) is 0 Å². The first-order valence-electron chi connectivity index (χ1n) is 8.99. The van der Waals surface area contributed by atoms with Crippen LogP contribution >= 0.6 is 11.3 Å². The largest absolute Gasteiger partial charge is 0.418 e. The lowest BCUT2D eigenvalue weighted by molar-refractivity contribution is -0.136. The van der Waals surface area contributed by atoms with Crippen LogP contribution in [0.15, 0.2) is 48.5 Å². The summed E-state index contributed by atoms with van der Waals surface area (Å²) in [5.74, 6) is 0.268. The molecule has 1 saturated heterocycles. The molecule has 1 fully saturated rings. The van der Waals surface area contributed by atoms with E-state index in [1.165, 1.54) is 18.2 Å². The second kappa shape index (κ2) is 7.43. The van der Waals surface area contributed by atoms with Crippen LogP contribution in [0.25, 0.3) is 10.2 Å². The van der Waals surface area contributed by atoms with Crippen LogP contribution in [0, 0.1) is 0 Å². The molecule has 146 valence electrons. The van der Waals surface area contributed by atoms with Gasteiger partial charge in [0, 0.05) is 19.0 Å². The van der Waals surface area contributed by atoms with Gasteiger partial charge in [0.1, 0.15) is 0 Å². The summed E-state index contributed by atoms with van der Waals surface area (Å²) in [7, 11) is 0. The van der Waals surface area contributed by atoms with E-state index < -0.39 is 17.8 Å². The van der Waals surface area contributed by atoms with E-state index in [0.29, 0.717) is 13.1 Å². The van der Waals surface area contributed by atoms with Gasteiger partial charge in [-0.25, -0.2) is 9.78 Å². The third-order valence-electron chi connectivity index (χ3n) is 4.92. The Balaban J connectivity index is 1.41. The number of hydrogen-bond donors (Lipinski definition) is 1. The highest BCUT2D eigenvalue weighted by molar-refractivity contribution is 7.18. The second-order valence-electron chi connectivity index (χ2n) is 6.75. The summed E-state index contributed by atoms with van der Waals surface area (Å²) in [6.07, 6.45) is -3.02. The fourth-order valence-electron chi connectivity index (χ4n) is 3.43. The molecule has 1 aliphatic rings. The number of amides is 2. The first-order valence-corrected chi connectivity index (χ1v) is 9.81. The normalized spacial score (nSPS) is 15.8. The quantitative estimate of drug-likeness (QED) is 0.592. The predicted octanol–water partition coefficient (Wildman–Crippen LogP) is 5.73. The number of aromatic nitrogens is 1. The molecule has 0 aliphatic carbocycles. The summed E-state index contributed by atoms with van der Waals surface area (Å²) < 4.78 is 40.4. The van der Waals surface area contributed by atoms with Crippen molar-refractivity contribution in [3.8, 4) is 0 Å². The van der Waals surface area contributed by atoms with Crippen molar-refractivity contribution in [3.63, 3.8) is 0 Å². The average molecular weight is 405 g/mol. The summed E-state index contributed by atoms with van der Waals surface area (Å²) in [5, 5.41) is 3.48. The van der Waals surface area contributed by atoms with Crippen LogP contribution in [0.5, 0.6) is 0 Å². The number of carbonyl (C=O) groups excluding carboxylic acids is 1. The van der Waals surface area contributed by atoms with Crippen LogP contribution in [0.3, 0.4) is 0 Å². The van der Waals surface area contributed by atoms with Gasteiger partial charge in [-0.3, -0.25) is 0 Å². The number of fused-ring (bicyclic) bond motifs is 1. The molecule has 0 unspecified atom stereocenters. The van der Waals surface area contributed by atoms with Crippen LogP contribution in [0.4, 0.5) is 23.7 Å². The lowest BCUT2D eigenvalue weighted by Gasteiger charge is -2.31. The topological polar surface area (TPSA) is 45.2 Å². The number of para-hydroxylation sites is 2. The van der Waals surface area contributed by atoms with E-state index in [4.69, 9.17) is 0 Å². The zero-order chi connectivity index (χ0) is 19.7. The van der Waals surface area contributed by atoms with Gasteiger partial charge in [0.05, 0.1) is 26.5 Å². The van der Waals surface area contributed by atoms with Crippen molar-refractivity contribution >= 4 is 33.3 Å². The number of hydrogen-bond acceptors (Lipinski definition) is 3. The molecule has 2 heterocycles. The van der Waals surface area contributed by atoms with E-state index in [0.717, 1.165) is 34.1 Å². The first kappa shape index (κ1) is 18.7. The van der Waals surface area contributed by atoms with Crippen LogP contribution in [0.2, 0.25) is 0 Å². The molecule has 0 bridgehead atoms. The van der Waals surface area contributed by atoms with Crippen molar-refractivity contribution in [2.45, 2.75) is 24.9 Å². The van der Waals surface area contributed by atoms with Crippen LogP contribution in [-0.4, -0.2) is 29.0 Å². The van der Waals surface area contributed by atoms with Crippen LogP contribution in [0.1, 0.15) is 29.3 Å². The number of piperidine rings is 1. The summed E-state index contributed by atoms with van der Waals surface area (Å²) in [4.78, 5) is 18.7. The monoisotopic (exact) mass is 405 g/mol. The minimum atomic E-state index is -4.51. The smallest absolute Gasteiger partial charge is 0.324 e. The van der Waals surface area contributed by atoms with Gasteiger partial charge in [-0.15, -0.1) is 11.3 Å². The van der Waals surface area contributed by atoms with Gasteiger partial charge in [-0.1, -0.05) is 24.3 Å². The van der Waals surface area contributed by atoms with Crippen molar-refractivity contribution in [3.05, 3.63) is 59.1 Å². The molecule has 2 aromatic carbocycles. The zero-order valence-electron chi connectivity index (χ0n) is 14.9. The summed E-state index contributed by atoms with van der Waals surface area (Å²) in [5.41, 5.74) is -0.0764. The number of carbonyl (C=O) groups is 1. The molecule has 0 atom stereocenters. The van der Waals surface area contributed by atoms with Gasteiger partial charge in [0.25, 0.3) is 0 Å². The Labute approximate surface area is 164 Å². The highest BCUT2D eigenvalue weighted by Crippen LogP contribution is 2.36. The Morgan fingerprint density at radius 1 is 1.07 bits per heavy atom. The van der Waals surface area contributed by atoms with Crippen LogP contribution in [-0.2, 0) is 6.18 Å². The number of alkyl halides is 3. The van der Waals surface area contributed by atoms with E-state index >= 15 is 0 Å². The summed E-state index contributed by atoms with van der Waals surface area (Å²) >= 11 is 1.67. The van der Waals surface area contributed by atoms with E-state index in [1.807, 2.05) is 24.3 Å². The fraction of sp³-hybridized carbons (Fsp3) is 0.300. The number of rotatable bonds is 2. The number of likely N-dealkylation sites (tertiary alicyclic amines) is 1. The number of nitrogens with one attached hydrogen (secondary N) is 1. The highest BCUT2D eigenvalue weighted by atomic mass is 32.1. The Kier molecular flexibility index (Phi) is 4.97. The number of urea groups is 1. The maximum absolute atomic E-state index is 13.1. The number of anilines is 1. The number of nitrogens with zero attached hydrogens (tertiary/aromatic N) is 2. The Hall–Kier alpha value is -2.61. The number of thiazole rings is 1.